The first kappa shape index (κ1) is 13.7. The normalized spacial score (nSPS) is 10.5. The highest BCUT2D eigenvalue weighted by atomic mass is 32.1. The van der Waals surface area contributed by atoms with Gasteiger partial charge in [0.05, 0.1) is 5.01 Å². The number of hydrogen-bond donors (Lipinski definition) is 3. The Balaban J connectivity index is 1.99. The molecular formula is C12H18N6S. The van der Waals surface area contributed by atoms with Crippen molar-refractivity contribution in [3.63, 3.8) is 0 Å². The average molecular weight is 278 g/mol. The zero-order chi connectivity index (χ0) is 13.7. The Bertz CT molecular complexity index is 539. The van der Waals surface area contributed by atoms with Crippen LogP contribution in [-0.4, -0.2) is 21.5 Å². The topological polar surface area (TPSA) is 88.8 Å². The first-order valence-corrected chi connectivity index (χ1v) is 7.08. The van der Waals surface area contributed by atoms with Crippen LogP contribution in [0.15, 0.2) is 11.7 Å². The molecule has 0 atom stereocenters. The second-order valence-electron chi connectivity index (χ2n) is 4.11. The van der Waals surface area contributed by atoms with Gasteiger partial charge in [-0.2, -0.15) is 0 Å². The molecule has 2 aromatic rings. The summed E-state index contributed by atoms with van der Waals surface area (Å²) in [5.74, 6) is 6.94. The SMILES string of the molecule is CCc1c(NN)ncnc1NCCc1nc(C)cs1. The molecule has 7 heteroatoms. The van der Waals surface area contributed by atoms with Crippen molar-refractivity contribution in [1.82, 2.24) is 15.0 Å². The number of nitrogens with zero attached hydrogens (tertiary/aromatic N) is 3. The van der Waals surface area contributed by atoms with Crippen LogP contribution in [0.3, 0.4) is 0 Å². The lowest BCUT2D eigenvalue weighted by Gasteiger charge is -2.12. The van der Waals surface area contributed by atoms with Crippen LogP contribution < -0.4 is 16.6 Å². The Kier molecular flexibility index (Phi) is 4.64. The molecule has 6 nitrogen and oxygen atoms in total. The molecule has 2 heterocycles. The molecule has 0 amide bonds. The van der Waals surface area contributed by atoms with Crippen molar-refractivity contribution in [2.45, 2.75) is 26.7 Å². The maximum Gasteiger partial charge on any atom is 0.148 e. The van der Waals surface area contributed by atoms with Crippen molar-refractivity contribution >= 4 is 23.0 Å². The van der Waals surface area contributed by atoms with Gasteiger partial charge >= 0.3 is 0 Å². The maximum absolute atomic E-state index is 5.44. The summed E-state index contributed by atoms with van der Waals surface area (Å²) in [6, 6.07) is 0. The monoisotopic (exact) mass is 278 g/mol. The van der Waals surface area contributed by atoms with Crippen LogP contribution in [0.1, 0.15) is 23.2 Å². The lowest BCUT2D eigenvalue weighted by Crippen LogP contribution is -2.15. The Morgan fingerprint density at radius 1 is 1.32 bits per heavy atom. The Morgan fingerprint density at radius 2 is 2.11 bits per heavy atom. The summed E-state index contributed by atoms with van der Waals surface area (Å²) >= 11 is 1.69. The maximum atomic E-state index is 5.44. The highest BCUT2D eigenvalue weighted by Gasteiger charge is 2.08. The van der Waals surface area contributed by atoms with E-state index in [1.165, 1.54) is 6.33 Å². The minimum Gasteiger partial charge on any atom is -0.369 e. The summed E-state index contributed by atoms with van der Waals surface area (Å²) in [7, 11) is 0. The van der Waals surface area contributed by atoms with Crippen LogP contribution in [-0.2, 0) is 12.8 Å². The van der Waals surface area contributed by atoms with E-state index in [0.29, 0.717) is 5.82 Å². The Hall–Kier alpha value is -1.73. The largest absolute Gasteiger partial charge is 0.369 e. The van der Waals surface area contributed by atoms with E-state index in [9.17, 15) is 0 Å². The summed E-state index contributed by atoms with van der Waals surface area (Å²) in [6.45, 7) is 4.85. The smallest absolute Gasteiger partial charge is 0.148 e. The number of aromatic nitrogens is 3. The molecule has 2 rings (SSSR count). The molecule has 0 radical (unpaired) electrons. The zero-order valence-corrected chi connectivity index (χ0v) is 11.9. The van der Waals surface area contributed by atoms with E-state index < -0.39 is 0 Å². The molecule has 4 N–H and O–H groups in total. The fourth-order valence-corrected chi connectivity index (χ4v) is 2.61. The second kappa shape index (κ2) is 6.44. The number of rotatable bonds is 6. The molecule has 0 bridgehead atoms. The first-order chi connectivity index (χ1) is 9.24. The van der Waals surface area contributed by atoms with E-state index in [1.54, 1.807) is 11.3 Å². The number of anilines is 2. The molecule has 19 heavy (non-hydrogen) atoms. The van der Waals surface area contributed by atoms with Gasteiger partial charge in [0.1, 0.15) is 18.0 Å². The van der Waals surface area contributed by atoms with E-state index in [1.807, 2.05) is 6.92 Å². The molecule has 0 fully saturated rings. The minimum absolute atomic E-state index is 0.671. The zero-order valence-electron chi connectivity index (χ0n) is 11.1. The molecule has 0 aliphatic heterocycles. The molecule has 2 aromatic heterocycles. The van der Waals surface area contributed by atoms with Gasteiger partial charge in [0.2, 0.25) is 0 Å². The van der Waals surface area contributed by atoms with E-state index >= 15 is 0 Å². The summed E-state index contributed by atoms with van der Waals surface area (Å²) < 4.78 is 0. The van der Waals surface area contributed by atoms with E-state index in [4.69, 9.17) is 5.84 Å². The van der Waals surface area contributed by atoms with Crippen LogP contribution in [0.25, 0.3) is 0 Å². The third kappa shape index (κ3) is 3.39. The van der Waals surface area contributed by atoms with Gasteiger partial charge in [-0.3, -0.25) is 0 Å². The van der Waals surface area contributed by atoms with Crippen LogP contribution >= 0.6 is 11.3 Å². The van der Waals surface area contributed by atoms with Gasteiger partial charge in [-0.15, -0.1) is 11.3 Å². The highest BCUT2D eigenvalue weighted by molar-refractivity contribution is 7.09. The molecule has 0 unspecified atom stereocenters. The van der Waals surface area contributed by atoms with Crippen molar-refractivity contribution in [2.24, 2.45) is 5.84 Å². The van der Waals surface area contributed by atoms with Crippen LogP contribution in [0, 0.1) is 6.92 Å². The molecular weight excluding hydrogens is 260 g/mol. The van der Waals surface area contributed by atoms with Crippen molar-refractivity contribution in [3.8, 4) is 0 Å². The van der Waals surface area contributed by atoms with Crippen molar-refractivity contribution in [1.29, 1.82) is 0 Å². The quantitative estimate of drug-likeness (QED) is 0.551. The number of thiazole rings is 1. The highest BCUT2D eigenvalue weighted by Crippen LogP contribution is 2.19. The van der Waals surface area contributed by atoms with Crippen molar-refractivity contribution in [2.75, 3.05) is 17.3 Å². The van der Waals surface area contributed by atoms with Gasteiger partial charge in [0, 0.05) is 29.6 Å². The predicted octanol–water partition coefficient (Wildman–Crippen LogP) is 1.74. The summed E-state index contributed by atoms with van der Waals surface area (Å²) in [6.07, 6.45) is 3.21. The molecule has 0 saturated heterocycles. The fourth-order valence-electron chi connectivity index (χ4n) is 1.83. The molecule has 0 saturated carbocycles. The number of hydrazine groups is 1. The number of nitrogens with two attached hydrogens (primary N) is 1. The first-order valence-electron chi connectivity index (χ1n) is 6.20. The van der Waals surface area contributed by atoms with Gasteiger partial charge < -0.3 is 10.7 Å². The lowest BCUT2D eigenvalue weighted by molar-refractivity contribution is 0.955. The van der Waals surface area contributed by atoms with Gasteiger partial charge in [0.15, 0.2) is 0 Å². The van der Waals surface area contributed by atoms with E-state index in [-0.39, 0.29) is 0 Å². The van der Waals surface area contributed by atoms with E-state index in [2.05, 4.69) is 38.0 Å². The molecule has 102 valence electrons. The number of hydrogen-bond acceptors (Lipinski definition) is 7. The third-order valence-electron chi connectivity index (χ3n) is 2.73. The number of aryl methyl sites for hydroxylation is 1. The lowest BCUT2D eigenvalue weighted by atomic mass is 10.2. The molecule has 0 aliphatic carbocycles. The van der Waals surface area contributed by atoms with Gasteiger partial charge in [0.25, 0.3) is 0 Å². The average Bonchev–Trinajstić information content (AvgIpc) is 2.84. The molecule has 0 aromatic carbocycles. The summed E-state index contributed by atoms with van der Waals surface area (Å²) in [5.41, 5.74) is 4.67. The molecule has 0 aliphatic rings. The summed E-state index contributed by atoms with van der Waals surface area (Å²) in [4.78, 5) is 12.8. The fraction of sp³-hybridized carbons (Fsp3) is 0.417. The van der Waals surface area contributed by atoms with Crippen LogP contribution in [0.5, 0.6) is 0 Å². The summed E-state index contributed by atoms with van der Waals surface area (Å²) in [5, 5.41) is 6.51. The van der Waals surface area contributed by atoms with Gasteiger partial charge in [-0.25, -0.2) is 20.8 Å². The van der Waals surface area contributed by atoms with Crippen LogP contribution in [0.4, 0.5) is 11.6 Å². The Labute approximate surface area is 116 Å². The van der Waals surface area contributed by atoms with Crippen LogP contribution in [0.2, 0.25) is 0 Å². The van der Waals surface area contributed by atoms with Gasteiger partial charge in [-0.1, -0.05) is 6.92 Å². The minimum atomic E-state index is 0.671. The van der Waals surface area contributed by atoms with Crippen molar-refractivity contribution < 1.29 is 0 Å². The Morgan fingerprint density at radius 3 is 2.74 bits per heavy atom. The predicted molar refractivity (Wildman–Crippen MR) is 78.3 cm³/mol. The van der Waals surface area contributed by atoms with Crippen molar-refractivity contribution in [3.05, 3.63) is 28.0 Å². The number of nitrogen functional groups attached to an aromatic ring is 1. The van der Waals surface area contributed by atoms with E-state index in [0.717, 1.165) is 41.5 Å². The van der Waals surface area contributed by atoms with Gasteiger partial charge in [-0.05, 0) is 13.3 Å². The third-order valence-corrected chi connectivity index (χ3v) is 3.76. The molecule has 0 spiro atoms. The second-order valence-corrected chi connectivity index (χ2v) is 5.05. The number of nitrogens with one attached hydrogen (secondary N) is 2. The standard InChI is InChI=1S/C12H18N6S/c1-3-9-11(15-7-16-12(9)18-13)14-5-4-10-17-8(2)6-19-10/h6-7H,3-5,13H2,1-2H3,(H2,14,15,16,18).